The molecule has 0 N–H and O–H groups in total. The molecule has 2 rings (SSSR count). The lowest BCUT2D eigenvalue weighted by molar-refractivity contribution is 0.0595. The van der Waals surface area contributed by atoms with E-state index >= 15 is 0 Å². The Bertz CT molecular complexity index is 407. The highest BCUT2D eigenvalue weighted by Gasteiger charge is 2.24. The summed E-state index contributed by atoms with van der Waals surface area (Å²) in [5.41, 5.74) is 0.402. The number of carbonyl (C=O) groups is 1. The molecule has 1 aliphatic rings. The lowest BCUT2D eigenvalue weighted by Gasteiger charge is -2.38. The zero-order valence-corrected chi connectivity index (χ0v) is 11.2. The molecule has 1 atom stereocenters. The van der Waals surface area contributed by atoms with Crippen molar-refractivity contribution < 1.29 is 9.53 Å². The SMILES string of the molecule is COC(=O)c1csc(N2CCN(C)CC2C)n1. The molecule has 6 heteroatoms. The Labute approximate surface area is 105 Å². The smallest absolute Gasteiger partial charge is 0.357 e. The number of rotatable bonds is 2. The Morgan fingerprint density at radius 1 is 1.59 bits per heavy atom. The highest BCUT2D eigenvalue weighted by Crippen LogP contribution is 2.24. The minimum Gasteiger partial charge on any atom is -0.464 e. The Morgan fingerprint density at radius 2 is 2.35 bits per heavy atom. The first-order valence-corrected chi connectivity index (χ1v) is 6.49. The largest absolute Gasteiger partial charge is 0.464 e. The number of hydrogen-bond acceptors (Lipinski definition) is 6. The molecule has 1 aromatic rings. The topological polar surface area (TPSA) is 45.7 Å². The Kier molecular flexibility index (Phi) is 3.63. The maximum absolute atomic E-state index is 11.3. The third-order valence-corrected chi connectivity index (χ3v) is 3.84. The third-order valence-electron chi connectivity index (χ3n) is 2.96. The van der Waals surface area contributed by atoms with Crippen molar-refractivity contribution in [2.24, 2.45) is 0 Å². The zero-order valence-electron chi connectivity index (χ0n) is 10.3. The van der Waals surface area contributed by atoms with Crippen LogP contribution in [0.3, 0.4) is 0 Å². The maximum atomic E-state index is 11.3. The molecule has 0 amide bonds. The second kappa shape index (κ2) is 5.01. The summed E-state index contributed by atoms with van der Waals surface area (Å²) >= 11 is 1.50. The molecule has 0 aromatic carbocycles. The van der Waals surface area contributed by atoms with Gasteiger partial charge in [0.2, 0.25) is 0 Å². The first-order chi connectivity index (χ1) is 8.11. The minimum absolute atomic E-state index is 0.366. The van der Waals surface area contributed by atoms with E-state index < -0.39 is 0 Å². The number of hydrogen-bond donors (Lipinski definition) is 0. The number of piperazine rings is 1. The number of likely N-dealkylation sites (N-methyl/N-ethyl adjacent to an activating group) is 1. The van der Waals surface area contributed by atoms with Crippen molar-refractivity contribution in [1.82, 2.24) is 9.88 Å². The second-order valence-electron chi connectivity index (χ2n) is 4.31. The van der Waals surface area contributed by atoms with Crippen LogP contribution in [0.25, 0.3) is 0 Å². The van der Waals surface area contributed by atoms with Gasteiger partial charge in [0.25, 0.3) is 0 Å². The number of aromatic nitrogens is 1. The summed E-state index contributed by atoms with van der Waals surface area (Å²) in [5, 5.41) is 2.66. The molecule has 0 saturated carbocycles. The molecule has 94 valence electrons. The number of methoxy groups -OCH3 is 1. The van der Waals surface area contributed by atoms with Crippen molar-refractivity contribution in [2.75, 3.05) is 38.7 Å². The predicted octanol–water partition coefficient (Wildman–Crippen LogP) is 1.07. The summed E-state index contributed by atoms with van der Waals surface area (Å²) in [7, 11) is 3.50. The van der Waals surface area contributed by atoms with E-state index in [0.717, 1.165) is 24.8 Å². The Hall–Kier alpha value is -1.14. The fraction of sp³-hybridized carbons (Fsp3) is 0.636. The van der Waals surface area contributed by atoms with Crippen LogP contribution in [0, 0.1) is 0 Å². The molecule has 5 nitrogen and oxygen atoms in total. The molecular weight excluding hydrogens is 238 g/mol. The first kappa shape index (κ1) is 12.3. The fourth-order valence-electron chi connectivity index (χ4n) is 2.02. The monoisotopic (exact) mass is 255 g/mol. The highest BCUT2D eigenvalue weighted by molar-refractivity contribution is 7.13. The van der Waals surface area contributed by atoms with Crippen LogP contribution in [-0.2, 0) is 4.74 Å². The third kappa shape index (κ3) is 2.58. The lowest BCUT2D eigenvalue weighted by atomic mass is 10.2. The summed E-state index contributed by atoms with van der Waals surface area (Å²) in [6.45, 7) is 5.17. The van der Waals surface area contributed by atoms with Gasteiger partial charge in [-0.3, -0.25) is 0 Å². The number of thiazole rings is 1. The van der Waals surface area contributed by atoms with Crippen LogP contribution in [0.5, 0.6) is 0 Å². The zero-order chi connectivity index (χ0) is 12.4. The normalized spacial score (nSPS) is 21.6. The summed E-state index contributed by atoms with van der Waals surface area (Å²) in [6, 6.07) is 0.422. The van der Waals surface area contributed by atoms with E-state index in [1.807, 2.05) is 0 Å². The molecule has 0 radical (unpaired) electrons. The number of carbonyl (C=O) groups excluding carboxylic acids is 1. The summed E-state index contributed by atoms with van der Waals surface area (Å²) in [6.07, 6.45) is 0. The van der Waals surface area contributed by atoms with Gasteiger partial charge in [0.05, 0.1) is 7.11 Å². The summed E-state index contributed by atoms with van der Waals surface area (Å²) in [5.74, 6) is -0.366. The van der Waals surface area contributed by atoms with Gasteiger partial charge in [0, 0.05) is 31.1 Å². The van der Waals surface area contributed by atoms with E-state index in [0.29, 0.717) is 11.7 Å². The molecule has 0 bridgehead atoms. The van der Waals surface area contributed by atoms with Crippen LogP contribution in [0.2, 0.25) is 0 Å². The Morgan fingerprint density at radius 3 is 3.00 bits per heavy atom. The molecule has 0 spiro atoms. The van der Waals surface area contributed by atoms with Gasteiger partial charge >= 0.3 is 5.97 Å². The van der Waals surface area contributed by atoms with Crippen molar-refractivity contribution in [2.45, 2.75) is 13.0 Å². The van der Waals surface area contributed by atoms with Crippen LogP contribution in [0.1, 0.15) is 17.4 Å². The van der Waals surface area contributed by atoms with Crippen molar-refractivity contribution in [1.29, 1.82) is 0 Å². The van der Waals surface area contributed by atoms with Crippen molar-refractivity contribution in [3.63, 3.8) is 0 Å². The second-order valence-corrected chi connectivity index (χ2v) is 5.15. The quantitative estimate of drug-likeness (QED) is 0.740. The van der Waals surface area contributed by atoms with Gasteiger partial charge in [-0.25, -0.2) is 9.78 Å². The van der Waals surface area contributed by atoms with Gasteiger partial charge in [0.1, 0.15) is 0 Å². The fourth-order valence-corrected chi connectivity index (χ4v) is 2.94. The van der Waals surface area contributed by atoms with E-state index in [4.69, 9.17) is 0 Å². The van der Waals surface area contributed by atoms with E-state index in [2.05, 4.69) is 33.5 Å². The van der Waals surface area contributed by atoms with Crippen molar-refractivity contribution >= 4 is 22.4 Å². The molecule has 1 saturated heterocycles. The molecule has 1 aromatic heterocycles. The Balaban J connectivity index is 2.12. The molecular formula is C11H17N3O2S. The van der Waals surface area contributed by atoms with Crippen LogP contribution in [0.15, 0.2) is 5.38 Å². The molecule has 0 aliphatic carbocycles. The van der Waals surface area contributed by atoms with Gasteiger partial charge in [0.15, 0.2) is 10.8 Å². The average Bonchev–Trinajstić information content (AvgIpc) is 2.77. The number of nitrogens with zero attached hydrogens (tertiary/aromatic N) is 3. The average molecular weight is 255 g/mol. The van der Waals surface area contributed by atoms with Crippen LogP contribution < -0.4 is 4.90 Å². The van der Waals surface area contributed by atoms with Crippen LogP contribution in [-0.4, -0.2) is 55.7 Å². The molecule has 1 unspecified atom stereocenters. The van der Waals surface area contributed by atoms with Gasteiger partial charge in [-0.1, -0.05) is 0 Å². The van der Waals surface area contributed by atoms with E-state index in [9.17, 15) is 4.79 Å². The van der Waals surface area contributed by atoms with Gasteiger partial charge in [-0.2, -0.15) is 0 Å². The van der Waals surface area contributed by atoms with Gasteiger partial charge in [-0.05, 0) is 14.0 Å². The van der Waals surface area contributed by atoms with Crippen molar-refractivity contribution in [3.8, 4) is 0 Å². The molecule has 2 heterocycles. The first-order valence-electron chi connectivity index (χ1n) is 5.61. The van der Waals surface area contributed by atoms with Crippen LogP contribution in [0.4, 0.5) is 5.13 Å². The highest BCUT2D eigenvalue weighted by atomic mass is 32.1. The molecule has 1 fully saturated rings. The summed E-state index contributed by atoms with van der Waals surface area (Å²) in [4.78, 5) is 20.2. The van der Waals surface area contributed by atoms with E-state index in [1.54, 1.807) is 5.38 Å². The predicted molar refractivity (Wildman–Crippen MR) is 67.8 cm³/mol. The minimum atomic E-state index is -0.366. The van der Waals surface area contributed by atoms with Crippen LogP contribution >= 0.6 is 11.3 Å². The lowest BCUT2D eigenvalue weighted by Crippen LogP contribution is -2.50. The molecule has 1 aliphatic heterocycles. The maximum Gasteiger partial charge on any atom is 0.357 e. The van der Waals surface area contributed by atoms with Crippen molar-refractivity contribution in [3.05, 3.63) is 11.1 Å². The molecule has 17 heavy (non-hydrogen) atoms. The number of ether oxygens (including phenoxy) is 1. The van der Waals surface area contributed by atoms with E-state index in [1.165, 1.54) is 18.4 Å². The number of esters is 1. The van der Waals surface area contributed by atoms with E-state index in [-0.39, 0.29) is 5.97 Å². The van der Waals surface area contributed by atoms with Gasteiger partial charge in [-0.15, -0.1) is 11.3 Å². The number of anilines is 1. The standard InChI is InChI=1S/C11H17N3O2S/c1-8-6-13(2)4-5-14(8)11-12-9(7-17-11)10(15)16-3/h7-8H,4-6H2,1-3H3. The van der Waals surface area contributed by atoms with Gasteiger partial charge < -0.3 is 14.5 Å². The summed E-state index contributed by atoms with van der Waals surface area (Å²) < 4.78 is 4.66.